The molecule has 2 atom stereocenters. The standard InChI is InChI=1S/C14H24N2O4/c1-14(2)10(11(14)13(18)19)12(17)15-4-3-5-16-6-8-20-9-7-16/h10-11H,3-9H2,1-2H3,(H,15,17)(H,18,19)/t10-,11-/m0/s1. The molecule has 0 spiro atoms. The summed E-state index contributed by atoms with van der Waals surface area (Å²) in [7, 11) is 0. The summed E-state index contributed by atoms with van der Waals surface area (Å²) in [5.74, 6) is -1.92. The van der Waals surface area contributed by atoms with Gasteiger partial charge in [0.05, 0.1) is 25.0 Å². The SMILES string of the molecule is CC1(C)[C@H](C(=O)O)[C@H]1C(=O)NCCCN1CCOCC1. The smallest absolute Gasteiger partial charge is 0.307 e. The lowest BCUT2D eigenvalue weighted by atomic mass is 10.1. The molecule has 1 saturated carbocycles. The maximum absolute atomic E-state index is 12.0. The molecule has 6 nitrogen and oxygen atoms in total. The van der Waals surface area contributed by atoms with Crippen LogP contribution in [0.4, 0.5) is 0 Å². The number of morpholine rings is 1. The van der Waals surface area contributed by atoms with Crippen molar-refractivity contribution in [3.8, 4) is 0 Å². The van der Waals surface area contributed by atoms with Gasteiger partial charge >= 0.3 is 5.97 Å². The van der Waals surface area contributed by atoms with E-state index in [9.17, 15) is 9.59 Å². The zero-order valence-electron chi connectivity index (χ0n) is 12.2. The molecule has 0 aromatic rings. The van der Waals surface area contributed by atoms with E-state index in [4.69, 9.17) is 9.84 Å². The number of carboxylic acids is 1. The zero-order valence-corrected chi connectivity index (χ0v) is 12.2. The number of carboxylic acid groups (broad SMARTS) is 1. The van der Waals surface area contributed by atoms with Crippen LogP contribution in [0.2, 0.25) is 0 Å². The molecule has 1 saturated heterocycles. The van der Waals surface area contributed by atoms with Crippen molar-refractivity contribution in [2.24, 2.45) is 17.3 Å². The molecule has 1 amide bonds. The third kappa shape index (κ3) is 3.30. The Balaban J connectivity index is 1.65. The van der Waals surface area contributed by atoms with Crippen molar-refractivity contribution in [2.45, 2.75) is 20.3 Å². The first kappa shape index (κ1) is 15.3. The molecule has 0 aromatic carbocycles. The summed E-state index contributed by atoms with van der Waals surface area (Å²) in [6.07, 6.45) is 0.886. The Labute approximate surface area is 119 Å². The number of nitrogens with zero attached hydrogens (tertiary/aromatic N) is 1. The summed E-state index contributed by atoms with van der Waals surface area (Å²) in [4.78, 5) is 25.3. The van der Waals surface area contributed by atoms with Crippen LogP contribution in [0.5, 0.6) is 0 Å². The Bertz CT molecular complexity index is 377. The number of hydrogen-bond donors (Lipinski definition) is 2. The van der Waals surface area contributed by atoms with Gasteiger partial charge in [0.25, 0.3) is 0 Å². The second kappa shape index (κ2) is 6.10. The lowest BCUT2D eigenvalue weighted by molar-refractivity contribution is -0.140. The van der Waals surface area contributed by atoms with Gasteiger partial charge in [0.1, 0.15) is 0 Å². The van der Waals surface area contributed by atoms with Gasteiger partial charge in [-0.15, -0.1) is 0 Å². The fourth-order valence-electron chi connectivity index (χ4n) is 3.04. The molecule has 1 heterocycles. The molecule has 1 aliphatic carbocycles. The molecule has 114 valence electrons. The second-order valence-electron chi connectivity index (χ2n) is 6.21. The van der Waals surface area contributed by atoms with Gasteiger partial charge in [0.2, 0.25) is 5.91 Å². The Morgan fingerprint density at radius 1 is 1.30 bits per heavy atom. The van der Waals surface area contributed by atoms with Gasteiger partial charge < -0.3 is 15.2 Å². The molecular formula is C14H24N2O4. The van der Waals surface area contributed by atoms with E-state index in [2.05, 4.69) is 10.2 Å². The highest BCUT2D eigenvalue weighted by atomic mass is 16.5. The highest BCUT2D eigenvalue weighted by Gasteiger charge is 2.65. The summed E-state index contributed by atoms with van der Waals surface area (Å²) in [6.45, 7) is 8.68. The van der Waals surface area contributed by atoms with Crippen LogP contribution in [0.25, 0.3) is 0 Å². The summed E-state index contributed by atoms with van der Waals surface area (Å²) in [5, 5.41) is 11.9. The van der Waals surface area contributed by atoms with E-state index in [1.54, 1.807) is 0 Å². The van der Waals surface area contributed by atoms with E-state index in [-0.39, 0.29) is 11.8 Å². The molecule has 0 unspecified atom stereocenters. The Hall–Kier alpha value is -1.14. The van der Waals surface area contributed by atoms with Crippen molar-refractivity contribution in [3.05, 3.63) is 0 Å². The summed E-state index contributed by atoms with van der Waals surface area (Å²) in [5.41, 5.74) is -0.417. The molecule has 20 heavy (non-hydrogen) atoms. The van der Waals surface area contributed by atoms with Crippen molar-refractivity contribution < 1.29 is 19.4 Å². The molecule has 0 bridgehead atoms. The minimum absolute atomic E-state index is 0.121. The minimum atomic E-state index is -0.872. The van der Waals surface area contributed by atoms with Crippen LogP contribution in [0, 0.1) is 17.3 Å². The van der Waals surface area contributed by atoms with E-state index in [1.807, 2.05) is 13.8 Å². The quantitative estimate of drug-likeness (QED) is 0.680. The first-order chi connectivity index (χ1) is 9.44. The van der Waals surface area contributed by atoms with Crippen molar-refractivity contribution >= 4 is 11.9 Å². The molecule has 2 N–H and O–H groups in total. The summed E-state index contributed by atoms with van der Waals surface area (Å²) in [6, 6.07) is 0. The van der Waals surface area contributed by atoms with Crippen molar-refractivity contribution in [1.82, 2.24) is 10.2 Å². The molecular weight excluding hydrogens is 260 g/mol. The van der Waals surface area contributed by atoms with Crippen LogP contribution >= 0.6 is 0 Å². The molecule has 0 radical (unpaired) electrons. The first-order valence-electron chi connectivity index (χ1n) is 7.25. The van der Waals surface area contributed by atoms with E-state index < -0.39 is 17.3 Å². The number of amides is 1. The molecule has 0 aromatic heterocycles. The van der Waals surface area contributed by atoms with Gasteiger partial charge in [-0.2, -0.15) is 0 Å². The van der Waals surface area contributed by atoms with Crippen molar-refractivity contribution in [1.29, 1.82) is 0 Å². The van der Waals surface area contributed by atoms with E-state index in [0.717, 1.165) is 39.3 Å². The number of hydrogen-bond acceptors (Lipinski definition) is 4. The average molecular weight is 284 g/mol. The lowest BCUT2D eigenvalue weighted by Gasteiger charge is -2.26. The number of nitrogens with one attached hydrogen (secondary N) is 1. The van der Waals surface area contributed by atoms with Gasteiger partial charge in [0, 0.05) is 19.6 Å². The van der Waals surface area contributed by atoms with Crippen LogP contribution in [0.3, 0.4) is 0 Å². The number of carbonyl (C=O) groups is 2. The normalized spacial score (nSPS) is 28.9. The number of aliphatic carboxylic acids is 1. The molecule has 2 rings (SSSR count). The Morgan fingerprint density at radius 3 is 2.50 bits per heavy atom. The second-order valence-corrected chi connectivity index (χ2v) is 6.21. The number of rotatable bonds is 6. The highest BCUT2D eigenvalue weighted by Crippen LogP contribution is 2.58. The number of ether oxygens (including phenoxy) is 1. The van der Waals surface area contributed by atoms with Crippen LogP contribution < -0.4 is 5.32 Å². The molecule has 2 fully saturated rings. The van der Waals surface area contributed by atoms with E-state index >= 15 is 0 Å². The zero-order chi connectivity index (χ0) is 14.8. The number of carbonyl (C=O) groups excluding carboxylic acids is 1. The van der Waals surface area contributed by atoms with Crippen LogP contribution in [0.15, 0.2) is 0 Å². The fourth-order valence-corrected chi connectivity index (χ4v) is 3.04. The van der Waals surface area contributed by atoms with E-state index in [0.29, 0.717) is 6.54 Å². The fraction of sp³-hybridized carbons (Fsp3) is 0.857. The van der Waals surface area contributed by atoms with Crippen LogP contribution in [0.1, 0.15) is 20.3 Å². The summed E-state index contributed by atoms with van der Waals surface area (Å²) < 4.78 is 5.27. The van der Waals surface area contributed by atoms with Gasteiger partial charge in [-0.25, -0.2) is 0 Å². The molecule has 1 aliphatic heterocycles. The minimum Gasteiger partial charge on any atom is -0.481 e. The topological polar surface area (TPSA) is 78.9 Å². The van der Waals surface area contributed by atoms with Crippen LogP contribution in [-0.2, 0) is 14.3 Å². The first-order valence-corrected chi connectivity index (χ1v) is 7.25. The monoisotopic (exact) mass is 284 g/mol. The predicted octanol–water partition coefficient (Wildman–Crippen LogP) is 0.182. The average Bonchev–Trinajstić information content (AvgIpc) is 2.99. The van der Waals surface area contributed by atoms with Gasteiger partial charge in [-0.1, -0.05) is 13.8 Å². The van der Waals surface area contributed by atoms with Gasteiger partial charge in [0.15, 0.2) is 0 Å². The van der Waals surface area contributed by atoms with Crippen molar-refractivity contribution in [3.63, 3.8) is 0 Å². The van der Waals surface area contributed by atoms with Gasteiger partial charge in [-0.3, -0.25) is 14.5 Å². The highest BCUT2D eigenvalue weighted by molar-refractivity contribution is 5.91. The molecule has 6 heteroatoms. The Morgan fingerprint density at radius 2 is 1.95 bits per heavy atom. The van der Waals surface area contributed by atoms with Crippen molar-refractivity contribution in [2.75, 3.05) is 39.4 Å². The van der Waals surface area contributed by atoms with Gasteiger partial charge in [-0.05, 0) is 18.4 Å². The third-order valence-electron chi connectivity index (χ3n) is 4.43. The third-order valence-corrected chi connectivity index (χ3v) is 4.43. The lowest BCUT2D eigenvalue weighted by Crippen LogP contribution is -2.38. The van der Waals surface area contributed by atoms with Crippen LogP contribution in [-0.4, -0.2) is 61.3 Å². The molecule has 2 aliphatic rings. The maximum Gasteiger partial charge on any atom is 0.307 e. The largest absolute Gasteiger partial charge is 0.481 e. The predicted molar refractivity (Wildman–Crippen MR) is 73.3 cm³/mol. The van der Waals surface area contributed by atoms with E-state index in [1.165, 1.54) is 0 Å². The maximum atomic E-state index is 12.0. The Kier molecular flexibility index (Phi) is 4.65. The summed E-state index contributed by atoms with van der Waals surface area (Å²) >= 11 is 0.